The van der Waals surface area contributed by atoms with Gasteiger partial charge in [0, 0.05) is 20.8 Å². The number of hydrogen-bond donors (Lipinski definition) is 0. The van der Waals surface area contributed by atoms with Gasteiger partial charge in [0.1, 0.15) is 0 Å². The van der Waals surface area contributed by atoms with E-state index in [0.29, 0.717) is 6.23 Å². The third kappa shape index (κ3) is 4.93. The molecule has 3 nitrogen and oxygen atoms in total. The van der Waals surface area contributed by atoms with Crippen molar-refractivity contribution in [1.29, 1.82) is 0 Å². The van der Waals surface area contributed by atoms with Crippen molar-refractivity contribution >= 4 is 9.28 Å². The first kappa shape index (κ1) is 10.1. The Hall–Kier alpha value is 0.0969. The highest BCUT2D eigenvalue weighted by atomic mass is 28.3. The van der Waals surface area contributed by atoms with E-state index in [2.05, 4.69) is 6.92 Å². The normalized spacial score (nSPS) is 10.8. The van der Waals surface area contributed by atoms with Crippen LogP contribution in [0.15, 0.2) is 0 Å². The van der Waals surface area contributed by atoms with Crippen molar-refractivity contribution in [2.75, 3.05) is 27.1 Å². The highest BCUT2D eigenvalue weighted by Gasteiger charge is 2.07. The van der Waals surface area contributed by atoms with Gasteiger partial charge in [0.25, 0.3) is 0 Å². The molecule has 0 N–H and O–H groups in total. The van der Waals surface area contributed by atoms with Crippen molar-refractivity contribution in [3.63, 3.8) is 0 Å². The van der Waals surface area contributed by atoms with Crippen molar-refractivity contribution in [2.24, 2.45) is 0 Å². The third-order valence-corrected chi connectivity index (χ3v) is 2.69. The van der Waals surface area contributed by atoms with E-state index in [1.807, 2.05) is 0 Å². The Balaban J connectivity index is 3.09. The molecule has 0 unspecified atom stereocenters. The van der Waals surface area contributed by atoms with E-state index in [9.17, 15) is 0 Å². The quantitative estimate of drug-likeness (QED) is 0.422. The molecule has 0 amide bonds. The lowest BCUT2D eigenvalue weighted by atomic mass is 10.5. The van der Waals surface area contributed by atoms with Crippen molar-refractivity contribution in [3.05, 3.63) is 0 Å². The van der Waals surface area contributed by atoms with Gasteiger partial charge in [-0.05, 0) is 6.42 Å². The second kappa shape index (κ2) is 7.21. The molecule has 0 saturated carbocycles. The maximum Gasteiger partial charge on any atom is 0.347 e. The van der Waals surface area contributed by atoms with Gasteiger partial charge < -0.3 is 13.6 Å². The maximum absolute atomic E-state index is 5.24. The Kier molecular flexibility index (Phi) is 7.28. The number of hydrogen-bond acceptors (Lipinski definition) is 3. The summed E-state index contributed by atoms with van der Waals surface area (Å²) < 4.78 is 15.3. The molecule has 0 radical (unpaired) electrons. The van der Waals surface area contributed by atoms with Crippen LogP contribution >= 0.6 is 0 Å². The molecule has 0 bridgehead atoms. The summed E-state index contributed by atoms with van der Waals surface area (Å²) in [7, 11) is 1.88. The highest BCUT2D eigenvalue weighted by molar-refractivity contribution is 6.44. The van der Waals surface area contributed by atoms with Crippen LogP contribution in [-0.4, -0.2) is 36.3 Å². The molecule has 10 heavy (non-hydrogen) atoms. The van der Waals surface area contributed by atoms with E-state index in [1.54, 1.807) is 14.2 Å². The molecule has 0 aromatic rings. The van der Waals surface area contributed by atoms with Crippen molar-refractivity contribution < 1.29 is 13.6 Å². The third-order valence-electron chi connectivity index (χ3n) is 1.13. The van der Waals surface area contributed by atoms with Gasteiger partial charge in [-0.1, -0.05) is 6.92 Å². The topological polar surface area (TPSA) is 27.7 Å². The molecule has 0 aliphatic carbocycles. The minimum atomic E-state index is -1.45. The SMILES string of the molecule is CCCOC[SiH](OC)OC. The summed E-state index contributed by atoms with van der Waals surface area (Å²) in [5, 5.41) is 0. The first-order chi connectivity index (χ1) is 4.85. The second-order valence-corrected chi connectivity index (χ2v) is 4.11. The summed E-state index contributed by atoms with van der Waals surface area (Å²) >= 11 is 0. The Morgan fingerprint density at radius 1 is 1.20 bits per heavy atom. The number of ether oxygens (including phenoxy) is 1. The van der Waals surface area contributed by atoms with Crippen LogP contribution in [0.3, 0.4) is 0 Å². The first-order valence-electron chi connectivity index (χ1n) is 3.48. The molecule has 0 rings (SSSR count). The van der Waals surface area contributed by atoms with Gasteiger partial charge in [0.05, 0.1) is 6.23 Å². The van der Waals surface area contributed by atoms with Crippen LogP contribution in [0.25, 0.3) is 0 Å². The van der Waals surface area contributed by atoms with E-state index >= 15 is 0 Å². The van der Waals surface area contributed by atoms with Crippen molar-refractivity contribution in [3.8, 4) is 0 Å². The summed E-state index contributed by atoms with van der Waals surface area (Å²) in [5.41, 5.74) is 0. The Morgan fingerprint density at radius 3 is 2.20 bits per heavy atom. The fraction of sp³-hybridized carbons (Fsp3) is 1.00. The van der Waals surface area contributed by atoms with Gasteiger partial charge in [0.2, 0.25) is 0 Å². The van der Waals surface area contributed by atoms with Crippen molar-refractivity contribution in [1.82, 2.24) is 0 Å². The summed E-state index contributed by atoms with van der Waals surface area (Å²) in [5.74, 6) is 0. The predicted octanol–water partition coefficient (Wildman–Crippen LogP) is 0.465. The molecule has 0 aromatic carbocycles. The average molecular weight is 164 g/mol. The lowest BCUT2D eigenvalue weighted by Gasteiger charge is -2.09. The van der Waals surface area contributed by atoms with Gasteiger partial charge in [-0.15, -0.1) is 0 Å². The largest absolute Gasteiger partial charge is 0.399 e. The Labute approximate surface area is 64.1 Å². The van der Waals surface area contributed by atoms with E-state index in [4.69, 9.17) is 13.6 Å². The Bertz CT molecular complexity index is 66.0. The fourth-order valence-electron chi connectivity index (χ4n) is 0.556. The van der Waals surface area contributed by atoms with E-state index in [-0.39, 0.29) is 0 Å². The molecule has 0 fully saturated rings. The highest BCUT2D eigenvalue weighted by Crippen LogP contribution is 1.87. The van der Waals surface area contributed by atoms with Crippen LogP contribution in [0.2, 0.25) is 0 Å². The molecule has 0 saturated heterocycles. The zero-order chi connectivity index (χ0) is 7.82. The molecule has 0 spiro atoms. The van der Waals surface area contributed by atoms with Gasteiger partial charge in [-0.25, -0.2) is 0 Å². The number of rotatable bonds is 6. The molecule has 0 heterocycles. The molecule has 0 aromatic heterocycles. The smallest absolute Gasteiger partial charge is 0.347 e. The van der Waals surface area contributed by atoms with Gasteiger partial charge in [-0.2, -0.15) is 0 Å². The van der Waals surface area contributed by atoms with Crippen molar-refractivity contribution in [2.45, 2.75) is 13.3 Å². The lowest BCUT2D eigenvalue weighted by Crippen LogP contribution is -2.26. The molecule has 0 atom stereocenters. The van der Waals surface area contributed by atoms with E-state index in [1.165, 1.54) is 0 Å². The predicted molar refractivity (Wildman–Crippen MR) is 42.3 cm³/mol. The summed E-state index contributed by atoms with van der Waals surface area (Å²) in [6.07, 6.45) is 1.70. The first-order valence-corrected chi connectivity index (χ1v) is 5.24. The Morgan fingerprint density at radius 2 is 1.80 bits per heavy atom. The average Bonchev–Trinajstić information content (AvgIpc) is 1.99. The second-order valence-electron chi connectivity index (χ2n) is 1.98. The van der Waals surface area contributed by atoms with Crippen LogP contribution in [0, 0.1) is 0 Å². The molecular weight excluding hydrogens is 148 g/mol. The minimum Gasteiger partial charge on any atom is -0.399 e. The molecule has 62 valence electrons. The molecule has 0 aliphatic heterocycles. The van der Waals surface area contributed by atoms with Gasteiger partial charge >= 0.3 is 9.28 Å². The van der Waals surface area contributed by atoms with Crippen LogP contribution in [0.5, 0.6) is 0 Å². The van der Waals surface area contributed by atoms with Gasteiger partial charge in [0.15, 0.2) is 0 Å². The standard InChI is InChI=1S/C6H16O3Si/c1-4-5-9-6-10(7-2)8-3/h10H,4-6H2,1-3H3. The van der Waals surface area contributed by atoms with E-state index in [0.717, 1.165) is 13.0 Å². The zero-order valence-electron chi connectivity index (χ0n) is 6.92. The summed E-state index contributed by atoms with van der Waals surface area (Å²) in [6, 6.07) is 0. The summed E-state index contributed by atoms with van der Waals surface area (Å²) in [4.78, 5) is 0. The zero-order valence-corrected chi connectivity index (χ0v) is 8.08. The van der Waals surface area contributed by atoms with Gasteiger partial charge in [-0.3, -0.25) is 0 Å². The monoisotopic (exact) mass is 164 g/mol. The fourth-order valence-corrected chi connectivity index (χ4v) is 1.38. The minimum absolute atomic E-state index is 0.654. The summed E-state index contributed by atoms with van der Waals surface area (Å²) in [6.45, 7) is 2.88. The van der Waals surface area contributed by atoms with Crippen LogP contribution in [0.1, 0.15) is 13.3 Å². The lowest BCUT2D eigenvalue weighted by molar-refractivity contribution is 0.140. The molecule has 4 heteroatoms. The van der Waals surface area contributed by atoms with Crippen LogP contribution in [-0.2, 0) is 13.6 Å². The van der Waals surface area contributed by atoms with Crippen LogP contribution < -0.4 is 0 Å². The molecule has 0 aliphatic rings. The van der Waals surface area contributed by atoms with Crippen LogP contribution in [0.4, 0.5) is 0 Å². The molecular formula is C6H16O3Si. The van der Waals surface area contributed by atoms with E-state index < -0.39 is 9.28 Å². The maximum atomic E-state index is 5.24.